The SMILES string of the molecule is Cc1ccc(C)c(-n2nnc(CO)c2-c2ccccc2)c1. The second-order valence-corrected chi connectivity index (χ2v) is 5.11. The monoisotopic (exact) mass is 279 g/mol. The summed E-state index contributed by atoms with van der Waals surface area (Å²) in [5, 5.41) is 17.9. The third-order valence-corrected chi connectivity index (χ3v) is 3.53. The van der Waals surface area contributed by atoms with Crippen LogP contribution in [0.15, 0.2) is 48.5 Å². The first-order chi connectivity index (χ1) is 10.2. The van der Waals surface area contributed by atoms with Crippen LogP contribution in [0.1, 0.15) is 16.8 Å². The summed E-state index contributed by atoms with van der Waals surface area (Å²) in [4.78, 5) is 0. The Morgan fingerprint density at radius 1 is 1.05 bits per heavy atom. The van der Waals surface area contributed by atoms with Crippen LogP contribution in [0.2, 0.25) is 0 Å². The molecule has 21 heavy (non-hydrogen) atoms. The van der Waals surface area contributed by atoms with Crippen LogP contribution < -0.4 is 0 Å². The molecule has 0 bridgehead atoms. The molecule has 0 aliphatic heterocycles. The summed E-state index contributed by atoms with van der Waals surface area (Å²) >= 11 is 0. The number of nitrogens with zero attached hydrogens (tertiary/aromatic N) is 3. The topological polar surface area (TPSA) is 50.9 Å². The predicted molar refractivity (Wildman–Crippen MR) is 82.2 cm³/mol. The molecule has 1 aromatic heterocycles. The van der Waals surface area contributed by atoms with Crippen molar-refractivity contribution < 1.29 is 5.11 Å². The van der Waals surface area contributed by atoms with Gasteiger partial charge in [0.1, 0.15) is 11.4 Å². The molecule has 0 saturated heterocycles. The highest BCUT2D eigenvalue weighted by Gasteiger charge is 2.16. The van der Waals surface area contributed by atoms with Crippen molar-refractivity contribution in [2.75, 3.05) is 0 Å². The van der Waals surface area contributed by atoms with Gasteiger partial charge in [-0.3, -0.25) is 0 Å². The third-order valence-electron chi connectivity index (χ3n) is 3.53. The lowest BCUT2D eigenvalue weighted by atomic mass is 10.1. The fraction of sp³-hybridized carbons (Fsp3) is 0.176. The number of aliphatic hydroxyl groups excluding tert-OH is 1. The maximum atomic E-state index is 9.55. The molecule has 3 rings (SSSR count). The number of aryl methyl sites for hydroxylation is 2. The minimum Gasteiger partial charge on any atom is -0.390 e. The first-order valence-electron chi connectivity index (χ1n) is 6.89. The number of benzene rings is 2. The van der Waals surface area contributed by atoms with Crippen molar-refractivity contribution in [2.45, 2.75) is 20.5 Å². The molecule has 0 fully saturated rings. The number of hydrogen-bond acceptors (Lipinski definition) is 3. The lowest BCUT2D eigenvalue weighted by Gasteiger charge is -2.11. The Labute approximate surface area is 123 Å². The van der Waals surface area contributed by atoms with Crippen molar-refractivity contribution in [3.05, 3.63) is 65.4 Å². The van der Waals surface area contributed by atoms with E-state index in [-0.39, 0.29) is 6.61 Å². The average Bonchev–Trinajstić information content (AvgIpc) is 2.94. The fourth-order valence-electron chi connectivity index (χ4n) is 2.42. The Bertz CT molecular complexity index is 763. The molecule has 1 N–H and O–H groups in total. The van der Waals surface area contributed by atoms with Gasteiger partial charge in [-0.15, -0.1) is 5.10 Å². The molecule has 0 aliphatic carbocycles. The minimum absolute atomic E-state index is 0.130. The summed E-state index contributed by atoms with van der Waals surface area (Å²) in [6.45, 7) is 3.97. The molecular weight excluding hydrogens is 262 g/mol. The van der Waals surface area contributed by atoms with E-state index in [1.54, 1.807) is 0 Å². The Morgan fingerprint density at radius 2 is 1.81 bits per heavy atom. The quantitative estimate of drug-likeness (QED) is 0.801. The average molecular weight is 279 g/mol. The van der Waals surface area contributed by atoms with E-state index in [0.717, 1.165) is 28.1 Å². The first-order valence-corrected chi connectivity index (χ1v) is 6.89. The lowest BCUT2D eigenvalue weighted by Crippen LogP contribution is -2.03. The normalized spacial score (nSPS) is 10.8. The van der Waals surface area contributed by atoms with Gasteiger partial charge in [0.2, 0.25) is 0 Å². The largest absolute Gasteiger partial charge is 0.390 e. The molecule has 2 aromatic carbocycles. The number of rotatable bonds is 3. The van der Waals surface area contributed by atoms with Crippen LogP contribution in [0.3, 0.4) is 0 Å². The number of hydrogen-bond donors (Lipinski definition) is 1. The smallest absolute Gasteiger partial charge is 0.117 e. The van der Waals surface area contributed by atoms with Gasteiger partial charge in [0, 0.05) is 5.56 Å². The zero-order valence-corrected chi connectivity index (χ0v) is 12.1. The molecule has 0 atom stereocenters. The summed E-state index contributed by atoms with van der Waals surface area (Å²) < 4.78 is 1.81. The zero-order valence-electron chi connectivity index (χ0n) is 12.1. The number of aromatic nitrogens is 3. The summed E-state index contributed by atoms with van der Waals surface area (Å²) in [5.74, 6) is 0. The summed E-state index contributed by atoms with van der Waals surface area (Å²) in [6, 6.07) is 16.1. The second kappa shape index (κ2) is 5.50. The zero-order chi connectivity index (χ0) is 14.8. The molecule has 1 heterocycles. The van der Waals surface area contributed by atoms with Gasteiger partial charge in [-0.1, -0.05) is 47.7 Å². The van der Waals surface area contributed by atoms with Gasteiger partial charge in [0.15, 0.2) is 0 Å². The maximum absolute atomic E-state index is 9.55. The van der Waals surface area contributed by atoms with Gasteiger partial charge in [0.25, 0.3) is 0 Å². The van der Waals surface area contributed by atoms with Gasteiger partial charge in [-0.2, -0.15) is 0 Å². The maximum Gasteiger partial charge on any atom is 0.117 e. The molecule has 0 unspecified atom stereocenters. The van der Waals surface area contributed by atoms with Crippen LogP contribution in [0, 0.1) is 13.8 Å². The first kappa shape index (κ1) is 13.5. The van der Waals surface area contributed by atoms with Crippen LogP contribution in [0.25, 0.3) is 16.9 Å². The molecule has 4 heteroatoms. The number of aliphatic hydroxyl groups is 1. The van der Waals surface area contributed by atoms with Crippen LogP contribution in [-0.4, -0.2) is 20.1 Å². The second-order valence-electron chi connectivity index (χ2n) is 5.11. The van der Waals surface area contributed by atoms with Gasteiger partial charge >= 0.3 is 0 Å². The molecule has 106 valence electrons. The van der Waals surface area contributed by atoms with Crippen LogP contribution in [0.5, 0.6) is 0 Å². The van der Waals surface area contributed by atoms with Crippen molar-refractivity contribution in [2.24, 2.45) is 0 Å². The highest BCUT2D eigenvalue weighted by Crippen LogP contribution is 2.27. The van der Waals surface area contributed by atoms with E-state index < -0.39 is 0 Å². The van der Waals surface area contributed by atoms with E-state index in [9.17, 15) is 5.11 Å². The van der Waals surface area contributed by atoms with Gasteiger partial charge in [-0.25, -0.2) is 4.68 Å². The molecule has 0 spiro atoms. The van der Waals surface area contributed by atoms with E-state index in [1.165, 1.54) is 0 Å². The Hall–Kier alpha value is -2.46. The van der Waals surface area contributed by atoms with Crippen LogP contribution in [0.4, 0.5) is 0 Å². The van der Waals surface area contributed by atoms with Crippen LogP contribution in [-0.2, 0) is 6.61 Å². The molecule has 3 aromatic rings. The molecule has 0 radical (unpaired) electrons. The van der Waals surface area contributed by atoms with E-state index in [4.69, 9.17) is 0 Å². The van der Waals surface area contributed by atoms with E-state index >= 15 is 0 Å². The van der Waals surface area contributed by atoms with Crippen molar-refractivity contribution in [1.82, 2.24) is 15.0 Å². The van der Waals surface area contributed by atoms with Crippen molar-refractivity contribution in [3.8, 4) is 16.9 Å². The fourth-order valence-corrected chi connectivity index (χ4v) is 2.42. The Morgan fingerprint density at radius 3 is 2.52 bits per heavy atom. The summed E-state index contributed by atoms with van der Waals surface area (Å²) in [7, 11) is 0. The third kappa shape index (κ3) is 2.45. The van der Waals surface area contributed by atoms with Gasteiger partial charge in [0.05, 0.1) is 12.3 Å². The van der Waals surface area contributed by atoms with E-state index in [0.29, 0.717) is 5.69 Å². The van der Waals surface area contributed by atoms with Crippen molar-refractivity contribution >= 4 is 0 Å². The van der Waals surface area contributed by atoms with Gasteiger partial charge < -0.3 is 5.11 Å². The highest BCUT2D eigenvalue weighted by molar-refractivity contribution is 5.64. The highest BCUT2D eigenvalue weighted by atomic mass is 16.3. The molecule has 0 aliphatic rings. The van der Waals surface area contributed by atoms with Crippen molar-refractivity contribution in [3.63, 3.8) is 0 Å². The van der Waals surface area contributed by atoms with Crippen LogP contribution >= 0.6 is 0 Å². The van der Waals surface area contributed by atoms with Gasteiger partial charge in [-0.05, 0) is 31.0 Å². The standard InChI is InChI=1S/C17H17N3O/c1-12-8-9-13(2)16(10-12)20-17(15(11-21)18-19-20)14-6-4-3-5-7-14/h3-10,21H,11H2,1-2H3. The molecule has 4 nitrogen and oxygen atoms in total. The molecule has 0 amide bonds. The summed E-state index contributed by atoms with van der Waals surface area (Å²) in [6.07, 6.45) is 0. The van der Waals surface area contributed by atoms with Crippen molar-refractivity contribution in [1.29, 1.82) is 0 Å². The Balaban J connectivity index is 2.25. The molecule has 0 saturated carbocycles. The lowest BCUT2D eigenvalue weighted by molar-refractivity contribution is 0.277. The Kier molecular flexibility index (Phi) is 3.54. The predicted octanol–water partition coefficient (Wildman–Crippen LogP) is 3.04. The van der Waals surface area contributed by atoms with E-state index in [1.807, 2.05) is 41.9 Å². The summed E-state index contributed by atoms with van der Waals surface area (Å²) in [5.41, 5.74) is 5.69. The van der Waals surface area contributed by atoms with E-state index in [2.05, 4.69) is 35.4 Å². The minimum atomic E-state index is -0.130. The molecular formula is C17H17N3O.